The van der Waals surface area contributed by atoms with Crippen LogP contribution < -0.4 is 21.3 Å². The summed E-state index contributed by atoms with van der Waals surface area (Å²) in [4.78, 5) is 46.3. The average Bonchev–Trinajstić information content (AvgIpc) is 3.58. The number of carbonyl (C=O) groups excluding carboxylic acids is 1. The van der Waals surface area contributed by atoms with Gasteiger partial charge in [0.05, 0.1) is 51.1 Å². The van der Waals surface area contributed by atoms with Gasteiger partial charge >= 0.3 is 0 Å². The molecule has 46 heavy (non-hydrogen) atoms. The van der Waals surface area contributed by atoms with Crippen LogP contribution >= 0.6 is 33.9 Å². The quantitative estimate of drug-likeness (QED) is 0.117. The van der Waals surface area contributed by atoms with Crippen molar-refractivity contribution >= 4 is 56.6 Å². The Morgan fingerprint density at radius 3 is 2.50 bits per heavy atom. The van der Waals surface area contributed by atoms with Gasteiger partial charge in [0, 0.05) is 11.1 Å². The molecule has 0 aliphatic carbocycles. The molecule has 0 spiro atoms. The molecule has 3 N–H and O–H groups in total. The van der Waals surface area contributed by atoms with Crippen LogP contribution in [-0.2, 0) is 0 Å². The minimum Gasteiger partial charge on any atom is -0.480 e. The minimum absolute atomic E-state index is 0.0114. The Bertz CT molecular complexity index is 2160. The first-order valence-corrected chi connectivity index (χ1v) is 16.3. The van der Waals surface area contributed by atoms with Gasteiger partial charge in [0.2, 0.25) is 0 Å². The minimum atomic E-state index is -0.728. The maximum absolute atomic E-state index is 14.2. The van der Waals surface area contributed by atoms with Crippen LogP contribution in [0.2, 0.25) is 0 Å². The van der Waals surface area contributed by atoms with E-state index in [9.17, 15) is 9.59 Å². The van der Waals surface area contributed by atoms with Gasteiger partial charge in [-0.05, 0) is 90.9 Å². The zero-order valence-electron chi connectivity index (χ0n) is 24.6. The average molecular weight is 740 g/mol. The van der Waals surface area contributed by atoms with Gasteiger partial charge in [-0.15, -0.1) is 11.3 Å². The number of carbonyl (C=O) groups is 1. The van der Waals surface area contributed by atoms with E-state index < -0.39 is 11.9 Å². The number of nitrogens with zero attached hydrogens (tertiary/aromatic N) is 5. The van der Waals surface area contributed by atoms with E-state index in [4.69, 9.17) is 15.5 Å². The van der Waals surface area contributed by atoms with Gasteiger partial charge in [-0.25, -0.2) is 15.0 Å². The summed E-state index contributed by atoms with van der Waals surface area (Å²) < 4.78 is 7.22. The Morgan fingerprint density at radius 1 is 1.00 bits per heavy atom. The van der Waals surface area contributed by atoms with Gasteiger partial charge in [-0.1, -0.05) is 30.2 Å². The molecule has 228 valence electrons. The standard InChI is InChI=1S/C34H26IN7O3S/c1-20(39-33(43)30-31(36)38-18-28(40-30)22-11-14-25(15-12-22)45-21(2)35)32-41-27-10-6-7-23(13-16-26-17-37-19-46-26)29(27)34(44)42(32)24-8-4-3-5-9-24/h3-12,14-15,17-21H,1-2H3,(H2,36,38)(H,39,43)/t20-,21?/m1/s1. The molecule has 6 aromatic rings. The van der Waals surface area contributed by atoms with Gasteiger partial charge in [0.15, 0.2) is 11.5 Å². The fraction of sp³-hybridized carbons (Fsp3) is 0.118. The Hall–Kier alpha value is -5.13. The number of fused-ring (bicyclic) bond motifs is 1. The highest BCUT2D eigenvalue weighted by molar-refractivity contribution is 14.1. The fourth-order valence-electron chi connectivity index (χ4n) is 4.80. The molecule has 3 heterocycles. The van der Waals surface area contributed by atoms with Crippen LogP contribution in [0, 0.1) is 11.8 Å². The number of hydrogen-bond acceptors (Lipinski definition) is 9. The Kier molecular flexibility index (Phi) is 9.04. The van der Waals surface area contributed by atoms with Crippen molar-refractivity contribution in [2.24, 2.45) is 0 Å². The number of ether oxygens (including phenoxy) is 1. The van der Waals surface area contributed by atoms with E-state index >= 15 is 0 Å². The molecular weight excluding hydrogens is 713 g/mol. The van der Waals surface area contributed by atoms with Crippen molar-refractivity contribution in [1.29, 1.82) is 0 Å². The van der Waals surface area contributed by atoms with E-state index in [0.717, 1.165) is 10.4 Å². The Morgan fingerprint density at radius 2 is 1.78 bits per heavy atom. The third kappa shape index (κ3) is 6.60. The molecular formula is C34H26IN7O3S. The molecule has 1 amide bonds. The SMILES string of the molecule is CC(I)Oc1ccc(-c2cnc(N)c(C(=O)N[C@H](C)c3nc4cccc(C#Cc5cncs5)c4c(=O)n3-c3ccccc3)n2)cc1. The lowest BCUT2D eigenvalue weighted by atomic mass is 10.1. The molecule has 10 nitrogen and oxygen atoms in total. The summed E-state index contributed by atoms with van der Waals surface area (Å²) in [5.74, 6) is 6.64. The van der Waals surface area contributed by atoms with Crippen molar-refractivity contribution in [3.63, 3.8) is 0 Å². The molecule has 0 radical (unpaired) electrons. The summed E-state index contributed by atoms with van der Waals surface area (Å²) in [6.07, 6.45) is 3.19. The number of nitrogens with one attached hydrogen (secondary N) is 1. The van der Waals surface area contributed by atoms with Crippen LogP contribution in [0.4, 0.5) is 5.82 Å². The normalized spacial score (nSPS) is 12.2. The zero-order chi connectivity index (χ0) is 32.2. The molecule has 2 atom stereocenters. The predicted molar refractivity (Wildman–Crippen MR) is 187 cm³/mol. The van der Waals surface area contributed by atoms with Crippen LogP contribution in [0.3, 0.4) is 0 Å². The number of alkyl halides is 1. The van der Waals surface area contributed by atoms with Crippen molar-refractivity contribution in [2.45, 2.75) is 24.0 Å². The smallest absolute Gasteiger partial charge is 0.274 e. The second-order valence-corrected chi connectivity index (χ2v) is 12.8. The number of nitrogen functional groups attached to an aromatic ring is 1. The lowest BCUT2D eigenvalue weighted by molar-refractivity contribution is 0.0933. The summed E-state index contributed by atoms with van der Waals surface area (Å²) in [6, 6.07) is 21.1. The van der Waals surface area contributed by atoms with Gasteiger partial charge in [-0.2, -0.15) is 0 Å². The first-order valence-electron chi connectivity index (χ1n) is 14.1. The van der Waals surface area contributed by atoms with E-state index in [0.29, 0.717) is 39.4 Å². The van der Waals surface area contributed by atoms with Gasteiger partial charge < -0.3 is 15.8 Å². The van der Waals surface area contributed by atoms with E-state index in [1.165, 1.54) is 22.1 Å². The largest absolute Gasteiger partial charge is 0.480 e. The van der Waals surface area contributed by atoms with Crippen LogP contribution in [0.15, 0.2) is 95.5 Å². The number of halogens is 1. The number of amides is 1. The highest BCUT2D eigenvalue weighted by atomic mass is 127. The van der Waals surface area contributed by atoms with E-state index in [1.54, 1.807) is 36.8 Å². The lowest BCUT2D eigenvalue weighted by Gasteiger charge is -2.20. The predicted octanol–water partition coefficient (Wildman–Crippen LogP) is 5.93. The Balaban J connectivity index is 1.37. The summed E-state index contributed by atoms with van der Waals surface area (Å²) in [7, 11) is 0. The molecule has 1 unspecified atom stereocenters. The number of anilines is 1. The molecule has 0 saturated heterocycles. The number of rotatable bonds is 7. The summed E-state index contributed by atoms with van der Waals surface area (Å²) in [5.41, 5.74) is 10.3. The molecule has 0 bridgehead atoms. The van der Waals surface area contributed by atoms with Crippen LogP contribution in [0.25, 0.3) is 27.8 Å². The van der Waals surface area contributed by atoms with Gasteiger partial charge in [0.25, 0.3) is 11.5 Å². The molecule has 0 saturated carbocycles. The van der Waals surface area contributed by atoms with Crippen molar-refractivity contribution < 1.29 is 9.53 Å². The van der Waals surface area contributed by atoms with Crippen molar-refractivity contribution in [1.82, 2.24) is 29.8 Å². The van der Waals surface area contributed by atoms with Gasteiger partial charge in [0.1, 0.15) is 15.7 Å². The highest BCUT2D eigenvalue weighted by Gasteiger charge is 2.23. The maximum Gasteiger partial charge on any atom is 0.274 e. The first kappa shape index (κ1) is 30.9. The molecule has 3 aromatic carbocycles. The molecule has 12 heteroatoms. The Labute approximate surface area is 281 Å². The summed E-state index contributed by atoms with van der Waals surface area (Å²) >= 11 is 3.60. The fourth-order valence-corrected chi connectivity index (χ4v) is 5.56. The van der Waals surface area contributed by atoms with Crippen LogP contribution in [0.5, 0.6) is 5.75 Å². The number of para-hydroxylation sites is 1. The molecule has 0 fully saturated rings. The number of nitrogens with two attached hydrogens (primary N) is 1. The molecule has 3 aromatic heterocycles. The van der Waals surface area contributed by atoms with Crippen LogP contribution in [-0.4, -0.2) is 34.5 Å². The van der Waals surface area contributed by atoms with Crippen LogP contribution in [0.1, 0.15) is 46.6 Å². The molecule has 0 aliphatic rings. The van der Waals surface area contributed by atoms with Crippen molar-refractivity contribution in [3.05, 3.63) is 123 Å². The number of aromatic nitrogens is 5. The topological polar surface area (TPSA) is 138 Å². The highest BCUT2D eigenvalue weighted by Crippen LogP contribution is 2.24. The summed E-state index contributed by atoms with van der Waals surface area (Å²) in [5, 5.41) is 3.30. The zero-order valence-corrected chi connectivity index (χ0v) is 27.6. The van der Waals surface area contributed by atoms with E-state index in [2.05, 4.69) is 54.7 Å². The first-order chi connectivity index (χ1) is 22.3. The van der Waals surface area contributed by atoms with E-state index in [-0.39, 0.29) is 21.2 Å². The molecule has 0 aliphatic heterocycles. The second-order valence-electron chi connectivity index (χ2n) is 10.1. The van der Waals surface area contributed by atoms with Gasteiger partial charge in [-0.3, -0.25) is 19.1 Å². The van der Waals surface area contributed by atoms with E-state index in [1.807, 2.05) is 61.5 Å². The lowest BCUT2D eigenvalue weighted by Crippen LogP contribution is -2.34. The number of benzene rings is 3. The second kappa shape index (κ2) is 13.5. The third-order valence-corrected chi connectivity index (χ3v) is 7.83. The van der Waals surface area contributed by atoms with Crippen molar-refractivity contribution in [3.8, 4) is 34.5 Å². The monoisotopic (exact) mass is 739 g/mol. The number of thiazole rings is 1. The van der Waals surface area contributed by atoms with Crippen molar-refractivity contribution in [2.75, 3.05) is 5.73 Å². The third-order valence-electron chi connectivity index (χ3n) is 6.89. The summed E-state index contributed by atoms with van der Waals surface area (Å²) in [6.45, 7) is 3.69. The number of hydrogen-bond donors (Lipinski definition) is 2. The maximum atomic E-state index is 14.2. The molecule has 6 rings (SSSR count).